The highest BCUT2D eigenvalue weighted by atomic mass is 32.2. The van der Waals surface area contributed by atoms with Gasteiger partial charge in [0.05, 0.1) is 16.4 Å². The molecule has 118 valence electrons. The third kappa shape index (κ3) is 2.82. The lowest BCUT2D eigenvalue weighted by molar-refractivity contribution is 0.400. The van der Waals surface area contributed by atoms with Gasteiger partial charge >= 0.3 is 0 Å². The van der Waals surface area contributed by atoms with Crippen LogP contribution in [0.15, 0.2) is 51.9 Å². The molecule has 1 unspecified atom stereocenters. The molecule has 0 bridgehead atoms. The number of aryl methyl sites for hydroxylation is 1. The van der Waals surface area contributed by atoms with Crippen molar-refractivity contribution in [3.8, 4) is 22.4 Å². The number of nitrogens with zero attached hydrogens (tertiary/aromatic N) is 1. The molecule has 1 atom stereocenters. The molecule has 0 spiro atoms. The number of rotatable bonds is 3. The molecule has 0 radical (unpaired) electrons. The monoisotopic (exact) mass is 333 g/mol. The Morgan fingerprint density at radius 3 is 2.22 bits per heavy atom. The van der Waals surface area contributed by atoms with Crippen LogP contribution in [0, 0.1) is 18.6 Å². The second-order valence-corrected chi connectivity index (χ2v) is 6.37. The van der Waals surface area contributed by atoms with Crippen LogP contribution in [0.25, 0.3) is 22.4 Å². The summed E-state index contributed by atoms with van der Waals surface area (Å²) >= 11 is 0. The maximum atomic E-state index is 14.1. The Morgan fingerprint density at radius 1 is 1.04 bits per heavy atom. The molecular formula is C17H13F2NO2S. The minimum atomic E-state index is -1.74. The van der Waals surface area contributed by atoms with Gasteiger partial charge < -0.3 is 4.52 Å². The molecular weight excluding hydrogens is 320 g/mol. The first-order valence-corrected chi connectivity index (χ1v) is 8.39. The van der Waals surface area contributed by atoms with Crippen LogP contribution in [-0.2, 0) is 10.8 Å². The summed E-state index contributed by atoms with van der Waals surface area (Å²) in [5.74, 6) is -1.24. The van der Waals surface area contributed by atoms with Crippen LogP contribution in [0.5, 0.6) is 0 Å². The van der Waals surface area contributed by atoms with E-state index in [0.29, 0.717) is 22.6 Å². The molecule has 0 saturated carbocycles. The van der Waals surface area contributed by atoms with Crippen molar-refractivity contribution in [2.45, 2.75) is 11.8 Å². The van der Waals surface area contributed by atoms with Crippen molar-refractivity contribution < 1.29 is 17.5 Å². The summed E-state index contributed by atoms with van der Waals surface area (Å²) in [4.78, 5) is -0.427. The highest BCUT2D eigenvalue weighted by molar-refractivity contribution is 7.84. The molecule has 0 fully saturated rings. The molecule has 3 rings (SSSR count). The van der Waals surface area contributed by atoms with Crippen molar-refractivity contribution in [2.75, 3.05) is 6.26 Å². The minimum absolute atomic E-state index is 0.298. The zero-order valence-electron chi connectivity index (χ0n) is 12.5. The molecule has 0 saturated heterocycles. The Hall–Kier alpha value is -2.34. The zero-order chi connectivity index (χ0) is 16.6. The Balaban J connectivity index is 2.21. The van der Waals surface area contributed by atoms with E-state index in [1.165, 1.54) is 6.26 Å². The molecule has 6 heteroatoms. The Kier molecular flexibility index (Phi) is 4.09. The van der Waals surface area contributed by atoms with Crippen LogP contribution in [0.3, 0.4) is 0 Å². The molecule has 0 aliphatic heterocycles. The summed E-state index contributed by atoms with van der Waals surface area (Å²) in [7, 11) is -1.74. The normalized spacial score (nSPS) is 12.3. The Bertz CT molecular complexity index is 868. The van der Waals surface area contributed by atoms with Gasteiger partial charge in [0, 0.05) is 11.8 Å². The first-order valence-electron chi connectivity index (χ1n) is 6.83. The molecule has 3 aromatic rings. The van der Waals surface area contributed by atoms with Crippen LogP contribution in [-0.4, -0.2) is 15.6 Å². The topological polar surface area (TPSA) is 43.1 Å². The molecule has 2 aromatic carbocycles. The molecule has 3 nitrogen and oxygen atoms in total. The van der Waals surface area contributed by atoms with Gasteiger partial charge in [0.1, 0.15) is 28.0 Å². The van der Waals surface area contributed by atoms with Gasteiger partial charge in [-0.2, -0.15) is 0 Å². The van der Waals surface area contributed by atoms with Crippen molar-refractivity contribution >= 4 is 10.8 Å². The number of benzene rings is 2. The van der Waals surface area contributed by atoms with E-state index in [-0.39, 0.29) is 0 Å². The molecule has 0 aliphatic rings. The number of aromatic nitrogens is 1. The summed E-state index contributed by atoms with van der Waals surface area (Å²) in [6.07, 6.45) is 1.24. The lowest BCUT2D eigenvalue weighted by atomic mass is 9.99. The van der Waals surface area contributed by atoms with Gasteiger partial charge in [-0.3, -0.25) is 4.21 Å². The van der Waals surface area contributed by atoms with Crippen LogP contribution in [0.4, 0.5) is 8.78 Å². The van der Waals surface area contributed by atoms with E-state index in [1.54, 1.807) is 6.92 Å². The van der Waals surface area contributed by atoms with E-state index in [9.17, 15) is 13.0 Å². The van der Waals surface area contributed by atoms with Gasteiger partial charge in [-0.1, -0.05) is 35.5 Å². The second-order valence-electron chi connectivity index (χ2n) is 5.05. The average Bonchev–Trinajstić information content (AvgIpc) is 2.88. The van der Waals surface area contributed by atoms with E-state index in [2.05, 4.69) is 5.16 Å². The van der Waals surface area contributed by atoms with Crippen LogP contribution in [0.1, 0.15) is 5.76 Å². The predicted molar refractivity (Wildman–Crippen MR) is 84.4 cm³/mol. The van der Waals surface area contributed by atoms with Crippen molar-refractivity contribution in [1.82, 2.24) is 5.16 Å². The average molecular weight is 333 g/mol. The van der Waals surface area contributed by atoms with Gasteiger partial charge in [0.2, 0.25) is 0 Å². The van der Waals surface area contributed by atoms with E-state index < -0.39 is 27.3 Å². The van der Waals surface area contributed by atoms with Crippen molar-refractivity contribution in [2.24, 2.45) is 0 Å². The maximum absolute atomic E-state index is 14.1. The molecule has 0 N–H and O–H groups in total. The Morgan fingerprint density at radius 2 is 1.65 bits per heavy atom. The summed E-state index contributed by atoms with van der Waals surface area (Å²) in [5.41, 5.74) is 2.10. The third-order valence-corrected chi connectivity index (χ3v) is 4.45. The quantitative estimate of drug-likeness (QED) is 0.716. The van der Waals surface area contributed by atoms with Crippen LogP contribution >= 0.6 is 0 Å². The summed E-state index contributed by atoms with van der Waals surface area (Å²) in [6.45, 7) is 1.68. The zero-order valence-corrected chi connectivity index (χ0v) is 13.3. The van der Waals surface area contributed by atoms with E-state index in [0.717, 1.165) is 17.7 Å². The smallest absolute Gasteiger partial charge is 0.142 e. The third-order valence-electron chi connectivity index (χ3n) is 3.48. The minimum Gasteiger partial charge on any atom is -0.360 e. The molecule has 1 heterocycles. The van der Waals surface area contributed by atoms with Crippen molar-refractivity contribution in [1.29, 1.82) is 0 Å². The lowest BCUT2D eigenvalue weighted by Crippen LogP contribution is -1.99. The fourth-order valence-electron chi connectivity index (χ4n) is 2.48. The molecule has 0 amide bonds. The predicted octanol–water partition coefficient (Wildman–Crippen LogP) is 4.33. The molecule has 1 aromatic heterocycles. The maximum Gasteiger partial charge on any atom is 0.142 e. The van der Waals surface area contributed by atoms with Gasteiger partial charge in [-0.15, -0.1) is 0 Å². The summed E-state index contributed by atoms with van der Waals surface area (Å²) < 4.78 is 44.9. The van der Waals surface area contributed by atoms with Crippen molar-refractivity contribution in [3.05, 3.63) is 59.9 Å². The highest BCUT2D eigenvalue weighted by Gasteiger charge is 2.21. The first kappa shape index (κ1) is 15.6. The van der Waals surface area contributed by atoms with E-state index >= 15 is 0 Å². The van der Waals surface area contributed by atoms with Gasteiger partial charge in [0.15, 0.2) is 0 Å². The largest absolute Gasteiger partial charge is 0.360 e. The molecule has 23 heavy (non-hydrogen) atoms. The van der Waals surface area contributed by atoms with Crippen LogP contribution in [0.2, 0.25) is 0 Å². The number of hydrogen-bond donors (Lipinski definition) is 0. The fourth-order valence-corrected chi connectivity index (χ4v) is 3.15. The van der Waals surface area contributed by atoms with Gasteiger partial charge in [0.25, 0.3) is 0 Å². The lowest BCUT2D eigenvalue weighted by Gasteiger charge is -2.07. The first-order chi connectivity index (χ1) is 11.0. The van der Waals surface area contributed by atoms with Crippen LogP contribution < -0.4 is 0 Å². The molecule has 0 aliphatic carbocycles. The highest BCUT2D eigenvalue weighted by Crippen LogP contribution is 2.35. The van der Waals surface area contributed by atoms with E-state index in [4.69, 9.17) is 4.52 Å². The van der Waals surface area contributed by atoms with Gasteiger partial charge in [-0.05, 0) is 24.6 Å². The van der Waals surface area contributed by atoms with Crippen molar-refractivity contribution in [3.63, 3.8) is 0 Å². The van der Waals surface area contributed by atoms with E-state index in [1.807, 2.05) is 30.3 Å². The summed E-state index contributed by atoms with van der Waals surface area (Å²) in [6, 6.07) is 11.5. The van der Waals surface area contributed by atoms with Gasteiger partial charge in [-0.25, -0.2) is 8.78 Å². The number of hydrogen-bond acceptors (Lipinski definition) is 3. The fraction of sp³-hybridized carbons (Fsp3) is 0.118. The summed E-state index contributed by atoms with van der Waals surface area (Å²) in [5, 5.41) is 4.00. The standard InChI is InChI=1S/C17H13F2NO2S/c1-10-15(16(20-22-10)11-6-4-3-5-7-11)12-8-13(18)17(23(2)21)14(19)9-12/h3-9H,1-2H3. The number of halogens is 2. The Labute approximate surface area is 134 Å². The SMILES string of the molecule is Cc1onc(-c2ccccc2)c1-c1cc(F)c(S(C)=O)c(F)c1. The second kappa shape index (κ2) is 6.04.